The van der Waals surface area contributed by atoms with Gasteiger partial charge in [0.05, 0.1) is 0 Å². The van der Waals surface area contributed by atoms with Crippen LogP contribution >= 0.6 is 0 Å². The van der Waals surface area contributed by atoms with E-state index in [1.807, 2.05) is 27.7 Å². The summed E-state index contributed by atoms with van der Waals surface area (Å²) in [4.78, 5) is 34.1. The van der Waals surface area contributed by atoms with Gasteiger partial charge in [0.2, 0.25) is 17.7 Å². The average Bonchev–Trinajstić information content (AvgIpc) is 2.30. The summed E-state index contributed by atoms with van der Waals surface area (Å²) >= 11 is 0. The van der Waals surface area contributed by atoms with Gasteiger partial charge in [0.15, 0.2) is 0 Å². The molecule has 0 aromatic carbocycles. The zero-order valence-electron chi connectivity index (χ0n) is 13.0. The van der Waals surface area contributed by atoms with Crippen molar-refractivity contribution < 1.29 is 14.4 Å². The standard InChI is InChI=1S/C14H27N3O3/c1-5-6-11(18)15-9-10-16-12(19)7-8-13(20)17-14(2,3)4/h5-10H2,1-4H3,(H,15,18)(H,16,19)(H,17,20). The van der Waals surface area contributed by atoms with Crippen LogP contribution in [0.4, 0.5) is 0 Å². The second-order valence-corrected chi connectivity index (χ2v) is 5.75. The van der Waals surface area contributed by atoms with Crippen LogP contribution in [-0.2, 0) is 14.4 Å². The van der Waals surface area contributed by atoms with Gasteiger partial charge in [-0.3, -0.25) is 14.4 Å². The number of hydrogen-bond acceptors (Lipinski definition) is 3. The molecule has 0 saturated heterocycles. The summed E-state index contributed by atoms with van der Waals surface area (Å²) in [5.41, 5.74) is -0.281. The van der Waals surface area contributed by atoms with Gasteiger partial charge in [0.1, 0.15) is 0 Å². The van der Waals surface area contributed by atoms with Crippen molar-refractivity contribution in [3.8, 4) is 0 Å². The summed E-state index contributed by atoms with van der Waals surface area (Å²) in [7, 11) is 0. The van der Waals surface area contributed by atoms with E-state index in [4.69, 9.17) is 0 Å². The first-order chi connectivity index (χ1) is 9.24. The monoisotopic (exact) mass is 285 g/mol. The lowest BCUT2D eigenvalue weighted by Crippen LogP contribution is -2.41. The number of rotatable bonds is 8. The largest absolute Gasteiger partial charge is 0.354 e. The molecule has 0 aliphatic rings. The molecule has 0 fully saturated rings. The van der Waals surface area contributed by atoms with Crippen LogP contribution in [0.25, 0.3) is 0 Å². The van der Waals surface area contributed by atoms with Crippen LogP contribution in [0.15, 0.2) is 0 Å². The van der Waals surface area contributed by atoms with Crippen molar-refractivity contribution >= 4 is 17.7 Å². The molecular formula is C14H27N3O3. The highest BCUT2D eigenvalue weighted by Gasteiger charge is 2.14. The number of carbonyl (C=O) groups is 3. The van der Waals surface area contributed by atoms with Crippen molar-refractivity contribution in [3.63, 3.8) is 0 Å². The molecule has 0 atom stereocenters. The maximum atomic E-state index is 11.5. The Labute approximate surface area is 121 Å². The van der Waals surface area contributed by atoms with Crippen LogP contribution in [0.5, 0.6) is 0 Å². The summed E-state index contributed by atoms with van der Waals surface area (Å²) in [6, 6.07) is 0. The van der Waals surface area contributed by atoms with E-state index in [0.717, 1.165) is 6.42 Å². The third-order valence-corrected chi connectivity index (χ3v) is 2.34. The molecule has 3 amide bonds. The molecule has 0 rings (SSSR count). The molecule has 0 aliphatic carbocycles. The summed E-state index contributed by atoms with van der Waals surface area (Å²) in [6.45, 7) is 8.41. The lowest BCUT2D eigenvalue weighted by atomic mass is 10.1. The average molecular weight is 285 g/mol. The maximum absolute atomic E-state index is 11.5. The molecule has 0 heterocycles. The van der Waals surface area contributed by atoms with Gasteiger partial charge >= 0.3 is 0 Å². The zero-order valence-corrected chi connectivity index (χ0v) is 13.0. The van der Waals surface area contributed by atoms with Crippen LogP contribution in [0.2, 0.25) is 0 Å². The van der Waals surface area contributed by atoms with Gasteiger partial charge in [-0.05, 0) is 27.2 Å². The second kappa shape index (κ2) is 9.34. The predicted molar refractivity (Wildman–Crippen MR) is 78.1 cm³/mol. The smallest absolute Gasteiger partial charge is 0.220 e. The third kappa shape index (κ3) is 11.5. The van der Waals surface area contributed by atoms with E-state index in [-0.39, 0.29) is 36.1 Å². The van der Waals surface area contributed by atoms with Crippen molar-refractivity contribution in [2.45, 2.75) is 58.9 Å². The molecule has 116 valence electrons. The Morgan fingerprint density at radius 1 is 0.800 bits per heavy atom. The summed E-state index contributed by atoms with van der Waals surface area (Å²) in [6.07, 6.45) is 1.64. The summed E-state index contributed by atoms with van der Waals surface area (Å²) in [5, 5.41) is 8.16. The molecule has 20 heavy (non-hydrogen) atoms. The SMILES string of the molecule is CCCC(=O)NCCNC(=O)CCC(=O)NC(C)(C)C. The molecule has 6 heteroatoms. The van der Waals surface area contributed by atoms with Crippen molar-refractivity contribution in [2.24, 2.45) is 0 Å². The number of amides is 3. The van der Waals surface area contributed by atoms with E-state index in [9.17, 15) is 14.4 Å². The third-order valence-electron chi connectivity index (χ3n) is 2.34. The van der Waals surface area contributed by atoms with E-state index in [2.05, 4.69) is 16.0 Å². The van der Waals surface area contributed by atoms with Crippen molar-refractivity contribution in [3.05, 3.63) is 0 Å². The van der Waals surface area contributed by atoms with Gasteiger partial charge in [0.25, 0.3) is 0 Å². The van der Waals surface area contributed by atoms with E-state index in [0.29, 0.717) is 19.5 Å². The molecule has 0 saturated carbocycles. The highest BCUT2D eigenvalue weighted by Crippen LogP contribution is 2.00. The Bertz CT molecular complexity index is 335. The molecule has 0 spiro atoms. The van der Waals surface area contributed by atoms with Crippen molar-refractivity contribution in [2.75, 3.05) is 13.1 Å². The second-order valence-electron chi connectivity index (χ2n) is 5.75. The summed E-state index contributed by atoms with van der Waals surface area (Å²) < 4.78 is 0. The topological polar surface area (TPSA) is 87.3 Å². The molecule has 6 nitrogen and oxygen atoms in total. The molecule has 0 aromatic heterocycles. The number of carbonyl (C=O) groups excluding carboxylic acids is 3. The summed E-state index contributed by atoms with van der Waals surface area (Å²) in [5.74, 6) is -0.325. The van der Waals surface area contributed by atoms with Gasteiger partial charge in [-0.15, -0.1) is 0 Å². The maximum Gasteiger partial charge on any atom is 0.220 e. The van der Waals surface area contributed by atoms with E-state index in [1.54, 1.807) is 0 Å². The molecule has 3 N–H and O–H groups in total. The predicted octanol–water partition coefficient (Wildman–Crippen LogP) is 0.714. The van der Waals surface area contributed by atoms with Crippen LogP contribution in [0, 0.1) is 0 Å². The van der Waals surface area contributed by atoms with Gasteiger partial charge < -0.3 is 16.0 Å². The highest BCUT2D eigenvalue weighted by atomic mass is 16.2. The fourth-order valence-electron chi connectivity index (χ4n) is 1.52. The molecule has 0 radical (unpaired) electrons. The molecular weight excluding hydrogens is 258 g/mol. The minimum atomic E-state index is -0.281. The van der Waals surface area contributed by atoms with E-state index < -0.39 is 0 Å². The normalized spacial score (nSPS) is 10.8. The van der Waals surface area contributed by atoms with Crippen LogP contribution in [0.1, 0.15) is 53.4 Å². The molecule has 0 bridgehead atoms. The number of hydrogen-bond donors (Lipinski definition) is 3. The highest BCUT2D eigenvalue weighted by molar-refractivity contribution is 5.84. The lowest BCUT2D eigenvalue weighted by molar-refractivity contribution is -0.127. The fourth-order valence-corrected chi connectivity index (χ4v) is 1.52. The first-order valence-corrected chi connectivity index (χ1v) is 7.09. The Morgan fingerprint density at radius 3 is 1.70 bits per heavy atom. The molecule has 0 unspecified atom stereocenters. The molecule has 0 aliphatic heterocycles. The van der Waals surface area contributed by atoms with Crippen molar-refractivity contribution in [1.29, 1.82) is 0 Å². The van der Waals surface area contributed by atoms with E-state index >= 15 is 0 Å². The lowest BCUT2D eigenvalue weighted by Gasteiger charge is -2.20. The minimum Gasteiger partial charge on any atom is -0.354 e. The van der Waals surface area contributed by atoms with E-state index in [1.165, 1.54) is 0 Å². The Morgan fingerprint density at radius 2 is 1.25 bits per heavy atom. The van der Waals surface area contributed by atoms with Crippen LogP contribution in [-0.4, -0.2) is 36.3 Å². The quantitative estimate of drug-likeness (QED) is 0.574. The number of nitrogens with one attached hydrogen (secondary N) is 3. The van der Waals surface area contributed by atoms with Gasteiger partial charge in [-0.25, -0.2) is 0 Å². The Balaban J connectivity index is 3.64. The van der Waals surface area contributed by atoms with Crippen LogP contribution in [0.3, 0.4) is 0 Å². The van der Waals surface area contributed by atoms with Gasteiger partial charge in [-0.1, -0.05) is 6.92 Å². The first kappa shape index (κ1) is 18.4. The minimum absolute atomic E-state index is 0.00805. The molecule has 0 aromatic rings. The fraction of sp³-hybridized carbons (Fsp3) is 0.786. The Kier molecular flexibility index (Phi) is 8.59. The Hall–Kier alpha value is -1.59. The van der Waals surface area contributed by atoms with Gasteiger partial charge in [0, 0.05) is 37.9 Å². The van der Waals surface area contributed by atoms with Crippen LogP contribution < -0.4 is 16.0 Å². The zero-order chi connectivity index (χ0) is 15.6. The first-order valence-electron chi connectivity index (χ1n) is 7.09. The van der Waals surface area contributed by atoms with Crippen molar-refractivity contribution in [1.82, 2.24) is 16.0 Å². The van der Waals surface area contributed by atoms with Gasteiger partial charge in [-0.2, -0.15) is 0 Å².